The third kappa shape index (κ3) is 3.57. The number of hydrogen-bond acceptors (Lipinski definition) is 4. The van der Waals surface area contributed by atoms with Crippen LogP contribution in [0.3, 0.4) is 0 Å². The van der Waals surface area contributed by atoms with Crippen molar-refractivity contribution in [2.75, 3.05) is 19.8 Å². The molecule has 1 aliphatic heterocycles. The number of ether oxygens (including phenoxy) is 2. The molecule has 28 heavy (non-hydrogen) atoms. The molecule has 8 atom stereocenters. The summed E-state index contributed by atoms with van der Waals surface area (Å²) < 4.78 is 12.5. The zero-order chi connectivity index (χ0) is 19.8. The Morgan fingerprint density at radius 2 is 1.79 bits per heavy atom. The van der Waals surface area contributed by atoms with Crippen LogP contribution < -0.4 is 0 Å². The molecule has 4 nitrogen and oxygen atoms in total. The molecule has 0 amide bonds. The molecule has 0 spiro atoms. The van der Waals surface area contributed by atoms with Gasteiger partial charge in [-0.2, -0.15) is 0 Å². The summed E-state index contributed by atoms with van der Waals surface area (Å²) in [5, 5.41) is 19.4. The molecule has 3 saturated carbocycles. The maximum absolute atomic E-state index is 9.83. The van der Waals surface area contributed by atoms with Crippen molar-refractivity contribution in [3.63, 3.8) is 0 Å². The highest BCUT2D eigenvalue weighted by molar-refractivity contribution is 5.08. The minimum Gasteiger partial charge on any atom is -0.396 e. The topological polar surface area (TPSA) is 58.9 Å². The Hall–Kier alpha value is -0.160. The Balaban J connectivity index is 1.50. The molecule has 0 aromatic heterocycles. The van der Waals surface area contributed by atoms with Crippen molar-refractivity contribution >= 4 is 0 Å². The first kappa shape index (κ1) is 21.1. The first-order chi connectivity index (χ1) is 13.5. The van der Waals surface area contributed by atoms with Gasteiger partial charge in [-0.15, -0.1) is 0 Å². The first-order valence-corrected chi connectivity index (χ1v) is 12.0. The van der Waals surface area contributed by atoms with Crippen molar-refractivity contribution in [1.29, 1.82) is 0 Å². The minimum atomic E-state index is 0.0204. The van der Waals surface area contributed by atoms with E-state index in [9.17, 15) is 10.2 Å². The van der Waals surface area contributed by atoms with Gasteiger partial charge in [-0.05, 0) is 105 Å². The maximum Gasteiger partial charge on any atom is 0.157 e. The number of aliphatic hydroxyl groups excluding tert-OH is 2. The van der Waals surface area contributed by atoms with Gasteiger partial charge in [0.2, 0.25) is 0 Å². The van der Waals surface area contributed by atoms with Gasteiger partial charge in [-0.3, -0.25) is 0 Å². The maximum atomic E-state index is 9.83. The largest absolute Gasteiger partial charge is 0.396 e. The Kier molecular flexibility index (Phi) is 6.42. The summed E-state index contributed by atoms with van der Waals surface area (Å²) in [5.41, 5.74) is 0.457. The van der Waals surface area contributed by atoms with Crippen LogP contribution >= 0.6 is 0 Å². The summed E-state index contributed by atoms with van der Waals surface area (Å²) in [6.45, 7) is 6.32. The molecule has 4 fully saturated rings. The lowest BCUT2D eigenvalue weighted by Crippen LogP contribution is -2.53. The first-order valence-electron chi connectivity index (χ1n) is 12.0. The molecular weight excluding hydrogens is 352 g/mol. The van der Waals surface area contributed by atoms with E-state index in [0.29, 0.717) is 17.9 Å². The van der Waals surface area contributed by atoms with Crippen molar-refractivity contribution in [2.24, 2.45) is 34.5 Å². The summed E-state index contributed by atoms with van der Waals surface area (Å²) in [7, 11) is 0. The van der Waals surface area contributed by atoms with Crippen LogP contribution in [0.15, 0.2) is 0 Å². The van der Waals surface area contributed by atoms with Crippen molar-refractivity contribution in [3.8, 4) is 0 Å². The normalized spacial score (nSPS) is 48.9. The molecule has 8 unspecified atom stereocenters. The molecule has 0 aromatic rings. The predicted molar refractivity (Wildman–Crippen MR) is 110 cm³/mol. The third-order valence-corrected chi connectivity index (χ3v) is 9.56. The fraction of sp³-hybridized carbons (Fsp3) is 1.00. The lowest BCUT2D eigenvalue weighted by Gasteiger charge is -2.59. The highest BCUT2D eigenvalue weighted by atomic mass is 16.7. The number of fused-ring (bicyclic) bond motifs is 3. The average Bonchev–Trinajstić information content (AvgIpc) is 3.02. The second kappa shape index (κ2) is 8.53. The van der Waals surface area contributed by atoms with Crippen LogP contribution in [0.4, 0.5) is 0 Å². The van der Waals surface area contributed by atoms with Crippen molar-refractivity contribution < 1.29 is 19.7 Å². The highest BCUT2D eigenvalue weighted by Crippen LogP contribution is 2.65. The summed E-state index contributed by atoms with van der Waals surface area (Å²) >= 11 is 0. The van der Waals surface area contributed by atoms with Gasteiger partial charge in [0.25, 0.3) is 0 Å². The van der Waals surface area contributed by atoms with E-state index in [0.717, 1.165) is 37.7 Å². The fourth-order valence-electron chi connectivity index (χ4n) is 7.97. The van der Waals surface area contributed by atoms with Gasteiger partial charge in [0, 0.05) is 19.8 Å². The summed E-state index contributed by atoms with van der Waals surface area (Å²) in [6.07, 6.45) is 13.1. The SMILES string of the molecule is CC1(CCO)C(CCO)CCC2C1CCC1(C)C(OC3CCCCO3)CCC21. The summed E-state index contributed by atoms with van der Waals surface area (Å²) in [4.78, 5) is 0. The molecule has 4 rings (SSSR count). The van der Waals surface area contributed by atoms with Crippen molar-refractivity contribution in [3.05, 3.63) is 0 Å². The number of aliphatic hydroxyl groups is 2. The Morgan fingerprint density at radius 3 is 2.50 bits per heavy atom. The third-order valence-electron chi connectivity index (χ3n) is 9.56. The molecule has 2 N–H and O–H groups in total. The van der Waals surface area contributed by atoms with Crippen LogP contribution in [-0.4, -0.2) is 42.4 Å². The Labute approximate surface area is 171 Å². The van der Waals surface area contributed by atoms with Crippen LogP contribution in [-0.2, 0) is 9.47 Å². The second-order valence-corrected chi connectivity index (χ2v) is 10.7. The lowest BCUT2D eigenvalue weighted by molar-refractivity contribution is -0.218. The van der Waals surface area contributed by atoms with E-state index in [1.54, 1.807) is 0 Å². The monoisotopic (exact) mass is 394 g/mol. The summed E-state index contributed by atoms with van der Waals surface area (Å²) in [6, 6.07) is 0. The molecule has 1 saturated heterocycles. The molecule has 1 heterocycles. The number of hydrogen-bond donors (Lipinski definition) is 2. The molecule has 162 valence electrons. The molecule has 3 aliphatic carbocycles. The Bertz CT molecular complexity index is 519. The quantitative estimate of drug-likeness (QED) is 0.695. The minimum absolute atomic E-state index is 0.0204. The van der Waals surface area contributed by atoms with Crippen LogP contribution in [0.25, 0.3) is 0 Å². The van der Waals surface area contributed by atoms with Crippen LogP contribution in [0.1, 0.15) is 84.5 Å². The molecule has 0 bridgehead atoms. The summed E-state index contributed by atoms with van der Waals surface area (Å²) in [5.74, 6) is 2.74. The van der Waals surface area contributed by atoms with Crippen LogP contribution in [0.5, 0.6) is 0 Å². The van der Waals surface area contributed by atoms with E-state index in [1.807, 2.05) is 0 Å². The van der Waals surface area contributed by atoms with Crippen LogP contribution in [0, 0.1) is 34.5 Å². The van der Waals surface area contributed by atoms with Gasteiger partial charge in [-0.25, -0.2) is 0 Å². The second-order valence-electron chi connectivity index (χ2n) is 10.7. The Morgan fingerprint density at radius 1 is 0.929 bits per heavy atom. The number of rotatable bonds is 6. The van der Waals surface area contributed by atoms with E-state index in [2.05, 4.69) is 13.8 Å². The van der Waals surface area contributed by atoms with Gasteiger partial charge >= 0.3 is 0 Å². The molecule has 4 aliphatic rings. The van der Waals surface area contributed by atoms with Gasteiger partial charge in [0.15, 0.2) is 6.29 Å². The van der Waals surface area contributed by atoms with E-state index < -0.39 is 0 Å². The van der Waals surface area contributed by atoms with E-state index in [1.165, 1.54) is 51.4 Å². The van der Waals surface area contributed by atoms with Gasteiger partial charge in [0.1, 0.15) is 0 Å². The molecule has 0 radical (unpaired) electrons. The fourth-order valence-corrected chi connectivity index (χ4v) is 7.97. The molecule has 0 aromatic carbocycles. The molecular formula is C24H42O4. The van der Waals surface area contributed by atoms with E-state index in [4.69, 9.17) is 9.47 Å². The smallest absolute Gasteiger partial charge is 0.157 e. The van der Waals surface area contributed by atoms with Crippen LogP contribution in [0.2, 0.25) is 0 Å². The van der Waals surface area contributed by atoms with Gasteiger partial charge in [-0.1, -0.05) is 13.8 Å². The highest BCUT2D eigenvalue weighted by Gasteiger charge is 2.59. The van der Waals surface area contributed by atoms with Gasteiger partial charge < -0.3 is 19.7 Å². The van der Waals surface area contributed by atoms with E-state index in [-0.39, 0.29) is 30.3 Å². The zero-order valence-electron chi connectivity index (χ0n) is 18.1. The predicted octanol–water partition coefficient (Wildman–Crippen LogP) is 4.52. The standard InChI is InChI=1S/C24H42O4/c1-23(13-15-26)17(11-14-25)6-7-18-19-8-9-21(24(19,2)12-10-20(18)23)28-22-5-3-4-16-27-22/h17-22,25-26H,3-16H2,1-2H3. The van der Waals surface area contributed by atoms with Crippen molar-refractivity contribution in [2.45, 2.75) is 96.9 Å². The van der Waals surface area contributed by atoms with Crippen molar-refractivity contribution in [1.82, 2.24) is 0 Å². The van der Waals surface area contributed by atoms with E-state index >= 15 is 0 Å². The lowest BCUT2D eigenvalue weighted by atomic mass is 9.46. The zero-order valence-corrected chi connectivity index (χ0v) is 18.1. The van der Waals surface area contributed by atoms with Gasteiger partial charge in [0.05, 0.1) is 6.10 Å². The average molecular weight is 395 g/mol. The molecule has 4 heteroatoms.